The molecule has 0 N–H and O–H groups in total. The zero-order chi connectivity index (χ0) is 17.7. The van der Waals surface area contributed by atoms with Crippen LogP contribution in [0.4, 0.5) is 4.79 Å². The molecule has 0 aliphatic heterocycles. The molecule has 24 heavy (non-hydrogen) atoms. The van der Waals surface area contributed by atoms with Gasteiger partial charge in [0.1, 0.15) is 5.75 Å². The number of carbonyl (C=O) groups is 1. The first-order valence-electron chi connectivity index (χ1n) is 7.50. The Labute approximate surface area is 141 Å². The van der Waals surface area contributed by atoms with Crippen LogP contribution in [0, 0.1) is 4.91 Å². The molecular weight excluding hydrogens is 306 g/mol. The first-order valence-corrected chi connectivity index (χ1v) is 7.50. The zero-order valence-electron chi connectivity index (χ0n) is 14.3. The Bertz CT molecular complexity index is 703. The maximum atomic E-state index is 12.5. The van der Waals surface area contributed by atoms with Crippen molar-refractivity contribution in [2.24, 2.45) is 5.29 Å². The highest BCUT2D eigenvalue weighted by Gasteiger charge is 2.37. The third-order valence-electron chi connectivity index (χ3n) is 4.35. The molecule has 0 spiro atoms. The second-order valence-electron chi connectivity index (χ2n) is 5.61. The molecule has 0 saturated carbocycles. The van der Waals surface area contributed by atoms with Crippen molar-refractivity contribution < 1.29 is 9.53 Å². The van der Waals surface area contributed by atoms with Crippen LogP contribution >= 0.6 is 0 Å². The smallest absolute Gasteiger partial charge is 0.343 e. The van der Waals surface area contributed by atoms with Gasteiger partial charge in [0.15, 0.2) is 0 Å². The summed E-state index contributed by atoms with van der Waals surface area (Å²) >= 11 is 0. The molecule has 0 fully saturated rings. The lowest BCUT2D eigenvalue weighted by Crippen LogP contribution is -2.49. The van der Waals surface area contributed by atoms with E-state index in [1.807, 2.05) is 61.5 Å². The molecule has 0 aliphatic rings. The summed E-state index contributed by atoms with van der Waals surface area (Å²) in [5, 5.41) is 3.49. The first kappa shape index (κ1) is 17.5. The summed E-state index contributed by atoms with van der Waals surface area (Å²) in [5.74, 6) is 0.731. The van der Waals surface area contributed by atoms with E-state index < -0.39 is 11.6 Å². The van der Waals surface area contributed by atoms with Crippen molar-refractivity contribution in [2.75, 3.05) is 21.2 Å². The molecule has 2 amide bonds. The number of hydrogen-bond donors (Lipinski definition) is 0. The molecule has 6 nitrogen and oxygen atoms in total. The maximum Gasteiger partial charge on any atom is 0.343 e. The van der Waals surface area contributed by atoms with Crippen molar-refractivity contribution in [2.45, 2.75) is 12.5 Å². The molecule has 0 bridgehead atoms. The number of hydrogen-bond acceptors (Lipinski definition) is 4. The Hall–Kier alpha value is -2.89. The summed E-state index contributed by atoms with van der Waals surface area (Å²) in [6.45, 7) is 1.93. The molecule has 0 heterocycles. The Morgan fingerprint density at radius 1 is 1.00 bits per heavy atom. The second kappa shape index (κ2) is 7.12. The molecule has 126 valence electrons. The minimum Gasteiger partial charge on any atom is -0.497 e. The SMILES string of the molecule is COc1ccc([C@@](C)(c2ccccc2)N(C)C(=O)N(C)N=O)cc1. The van der Waals surface area contributed by atoms with Crippen molar-refractivity contribution in [1.29, 1.82) is 0 Å². The van der Waals surface area contributed by atoms with Crippen LogP contribution in [0.25, 0.3) is 0 Å². The van der Waals surface area contributed by atoms with Gasteiger partial charge in [-0.15, -0.1) is 4.91 Å². The summed E-state index contributed by atoms with van der Waals surface area (Å²) < 4.78 is 5.21. The monoisotopic (exact) mass is 327 g/mol. The van der Waals surface area contributed by atoms with E-state index in [1.165, 1.54) is 11.9 Å². The van der Waals surface area contributed by atoms with Gasteiger partial charge in [0, 0.05) is 14.1 Å². The van der Waals surface area contributed by atoms with Gasteiger partial charge in [-0.05, 0) is 30.2 Å². The molecule has 2 aromatic carbocycles. The molecule has 0 unspecified atom stereocenters. The van der Waals surface area contributed by atoms with Gasteiger partial charge in [-0.1, -0.05) is 42.5 Å². The Morgan fingerprint density at radius 3 is 2.04 bits per heavy atom. The minimum absolute atomic E-state index is 0.493. The van der Waals surface area contributed by atoms with E-state index in [4.69, 9.17) is 4.74 Å². The number of amides is 2. The lowest BCUT2D eigenvalue weighted by Gasteiger charge is -2.40. The van der Waals surface area contributed by atoms with E-state index in [0.717, 1.165) is 21.9 Å². The van der Waals surface area contributed by atoms with Gasteiger partial charge in [-0.25, -0.2) is 4.79 Å². The van der Waals surface area contributed by atoms with Crippen molar-refractivity contribution >= 4 is 6.03 Å². The van der Waals surface area contributed by atoms with E-state index in [0.29, 0.717) is 0 Å². The number of ether oxygens (including phenoxy) is 1. The van der Waals surface area contributed by atoms with Gasteiger partial charge in [-0.3, -0.25) is 0 Å². The lowest BCUT2D eigenvalue weighted by molar-refractivity contribution is 0.135. The predicted molar refractivity (Wildman–Crippen MR) is 92.6 cm³/mol. The number of benzene rings is 2. The van der Waals surface area contributed by atoms with Crippen LogP contribution in [-0.2, 0) is 5.54 Å². The normalized spacial score (nSPS) is 12.8. The third kappa shape index (κ3) is 3.08. The second-order valence-corrected chi connectivity index (χ2v) is 5.61. The maximum absolute atomic E-state index is 12.5. The van der Waals surface area contributed by atoms with E-state index >= 15 is 0 Å². The Balaban J connectivity index is 2.56. The van der Waals surface area contributed by atoms with Gasteiger partial charge in [0.2, 0.25) is 0 Å². The fraction of sp³-hybridized carbons (Fsp3) is 0.278. The molecule has 2 rings (SSSR count). The third-order valence-corrected chi connectivity index (χ3v) is 4.35. The number of rotatable bonds is 5. The van der Waals surface area contributed by atoms with Crippen LogP contribution in [0.15, 0.2) is 59.9 Å². The Morgan fingerprint density at radius 2 is 1.54 bits per heavy atom. The van der Waals surface area contributed by atoms with E-state index in [-0.39, 0.29) is 0 Å². The molecule has 2 aromatic rings. The molecule has 0 radical (unpaired) electrons. The fourth-order valence-corrected chi connectivity index (χ4v) is 2.68. The van der Waals surface area contributed by atoms with Crippen molar-refractivity contribution in [3.05, 3.63) is 70.6 Å². The first-order chi connectivity index (χ1) is 11.4. The van der Waals surface area contributed by atoms with Crippen molar-refractivity contribution in [1.82, 2.24) is 9.91 Å². The minimum atomic E-state index is -0.774. The van der Waals surface area contributed by atoms with Gasteiger partial charge < -0.3 is 9.64 Å². The predicted octanol–water partition coefficient (Wildman–Crippen LogP) is 3.62. The quantitative estimate of drug-likeness (QED) is 0.622. The number of nitroso groups, excluding NO2 is 1. The van der Waals surface area contributed by atoms with Crippen molar-refractivity contribution in [3.63, 3.8) is 0 Å². The zero-order valence-corrected chi connectivity index (χ0v) is 14.3. The molecule has 0 aliphatic carbocycles. The van der Waals surface area contributed by atoms with Crippen LogP contribution in [-0.4, -0.2) is 37.1 Å². The number of nitrogens with zero attached hydrogens (tertiary/aromatic N) is 3. The average molecular weight is 327 g/mol. The highest BCUT2D eigenvalue weighted by atomic mass is 16.5. The van der Waals surface area contributed by atoms with Gasteiger partial charge in [0.05, 0.1) is 17.9 Å². The fourth-order valence-electron chi connectivity index (χ4n) is 2.68. The summed E-state index contributed by atoms with van der Waals surface area (Å²) in [4.78, 5) is 24.8. The van der Waals surface area contributed by atoms with Gasteiger partial charge in [-0.2, -0.15) is 5.01 Å². The number of carbonyl (C=O) groups excluding carboxylic acids is 1. The van der Waals surface area contributed by atoms with Gasteiger partial charge >= 0.3 is 6.03 Å². The van der Waals surface area contributed by atoms with Crippen molar-refractivity contribution in [3.8, 4) is 5.75 Å². The van der Waals surface area contributed by atoms with E-state index in [2.05, 4.69) is 5.29 Å². The van der Waals surface area contributed by atoms with Crippen LogP contribution in [0.3, 0.4) is 0 Å². The molecule has 0 aromatic heterocycles. The van der Waals surface area contributed by atoms with Crippen LogP contribution < -0.4 is 4.74 Å². The molecule has 1 atom stereocenters. The molecular formula is C18H21N3O3. The largest absolute Gasteiger partial charge is 0.497 e. The van der Waals surface area contributed by atoms with Gasteiger partial charge in [0.25, 0.3) is 0 Å². The Kier molecular flexibility index (Phi) is 5.18. The summed E-state index contributed by atoms with van der Waals surface area (Å²) in [6, 6.07) is 16.6. The standard InChI is InChI=1S/C18H21N3O3/c1-18(14-8-6-5-7-9-14,20(2)17(22)21(3)19-23)15-10-12-16(24-4)13-11-15/h5-13H,1-4H3/t18-/m1/s1. The topological polar surface area (TPSA) is 62.2 Å². The number of methoxy groups -OCH3 is 1. The van der Waals surface area contributed by atoms with Crippen LogP contribution in [0.1, 0.15) is 18.1 Å². The summed E-state index contributed by atoms with van der Waals surface area (Å²) in [5.41, 5.74) is 1.04. The van der Waals surface area contributed by atoms with E-state index in [1.54, 1.807) is 14.2 Å². The lowest BCUT2D eigenvalue weighted by atomic mass is 9.83. The van der Waals surface area contributed by atoms with Crippen LogP contribution in [0.2, 0.25) is 0 Å². The molecule has 6 heteroatoms. The summed E-state index contributed by atoms with van der Waals surface area (Å²) in [6.07, 6.45) is 0. The molecule has 0 saturated heterocycles. The highest BCUT2D eigenvalue weighted by Crippen LogP contribution is 2.36. The van der Waals surface area contributed by atoms with E-state index in [9.17, 15) is 9.70 Å². The highest BCUT2D eigenvalue weighted by molar-refractivity contribution is 5.75. The number of urea groups is 1. The summed E-state index contributed by atoms with van der Waals surface area (Å²) in [7, 11) is 4.60. The average Bonchev–Trinajstić information content (AvgIpc) is 2.66. The van der Waals surface area contributed by atoms with Crippen LogP contribution in [0.5, 0.6) is 5.75 Å².